The first kappa shape index (κ1) is 21.9. The largest absolute Gasteiger partial charge is 0.336 e. The molecule has 1 fully saturated rings. The summed E-state index contributed by atoms with van der Waals surface area (Å²) < 4.78 is 23.6. The topological polar surface area (TPSA) is 92.5 Å². The first-order valence-electron chi connectivity index (χ1n) is 8.41. The Morgan fingerprint density at radius 2 is 1.88 bits per heavy atom. The van der Waals surface area contributed by atoms with Gasteiger partial charge in [0, 0.05) is 18.2 Å². The van der Waals surface area contributed by atoms with Crippen molar-refractivity contribution in [3.63, 3.8) is 0 Å². The summed E-state index contributed by atoms with van der Waals surface area (Å²) in [4.78, 5) is 15.0. The zero-order chi connectivity index (χ0) is 17.9. The summed E-state index contributed by atoms with van der Waals surface area (Å²) in [7, 11) is -3.86. The lowest BCUT2D eigenvalue weighted by atomic mass is 10.0. The van der Waals surface area contributed by atoms with Gasteiger partial charge in [-0.3, -0.25) is 4.79 Å². The third-order valence-corrected chi connectivity index (χ3v) is 5.69. The third-order valence-electron chi connectivity index (χ3n) is 4.65. The molecule has 0 atom stereocenters. The number of carbonyl (C=O) groups is 1. The van der Waals surface area contributed by atoms with E-state index in [0.717, 1.165) is 37.9 Å². The van der Waals surface area contributed by atoms with E-state index in [1.165, 1.54) is 6.07 Å². The van der Waals surface area contributed by atoms with E-state index in [2.05, 4.69) is 5.32 Å². The van der Waals surface area contributed by atoms with Gasteiger partial charge in [-0.25, -0.2) is 13.6 Å². The van der Waals surface area contributed by atoms with Crippen LogP contribution in [-0.2, 0) is 10.0 Å². The predicted molar refractivity (Wildman–Crippen MR) is 102 cm³/mol. The van der Waals surface area contributed by atoms with Crippen LogP contribution < -0.4 is 10.5 Å². The number of sulfonamides is 1. The summed E-state index contributed by atoms with van der Waals surface area (Å²) in [6, 6.07) is 3.37. The van der Waals surface area contributed by atoms with Gasteiger partial charge in [-0.15, -0.1) is 12.4 Å². The lowest BCUT2D eigenvalue weighted by Gasteiger charge is -2.35. The quantitative estimate of drug-likeness (QED) is 0.805. The second-order valence-corrected chi connectivity index (χ2v) is 7.97. The van der Waals surface area contributed by atoms with Gasteiger partial charge in [0.15, 0.2) is 0 Å². The molecule has 2 rings (SSSR count). The van der Waals surface area contributed by atoms with E-state index in [9.17, 15) is 13.2 Å². The highest BCUT2D eigenvalue weighted by Gasteiger charge is 2.27. The molecule has 0 unspecified atom stereocenters. The smallest absolute Gasteiger partial charge is 0.254 e. The van der Waals surface area contributed by atoms with Crippen molar-refractivity contribution in [2.75, 3.05) is 19.6 Å². The van der Waals surface area contributed by atoms with E-state index < -0.39 is 10.0 Å². The molecule has 0 saturated carbocycles. The maximum Gasteiger partial charge on any atom is 0.254 e. The van der Waals surface area contributed by atoms with Crippen LogP contribution in [0.4, 0.5) is 0 Å². The minimum atomic E-state index is -3.86. The zero-order valence-corrected chi connectivity index (χ0v) is 16.7. The summed E-state index contributed by atoms with van der Waals surface area (Å²) >= 11 is 0. The van der Waals surface area contributed by atoms with Crippen molar-refractivity contribution in [2.24, 2.45) is 5.14 Å². The Morgan fingerprint density at radius 3 is 2.40 bits per heavy atom. The van der Waals surface area contributed by atoms with Crippen LogP contribution in [0.2, 0.25) is 0 Å². The number of benzene rings is 1. The Labute approximate surface area is 156 Å². The number of rotatable bonds is 5. The molecule has 0 spiro atoms. The van der Waals surface area contributed by atoms with Gasteiger partial charge in [-0.1, -0.05) is 6.92 Å². The van der Waals surface area contributed by atoms with Gasteiger partial charge < -0.3 is 10.2 Å². The molecule has 1 aliphatic rings. The number of hydrogen-bond acceptors (Lipinski definition) is 4. The summed E-state index contributed by atoms with van der Waals surface area (Å²) in [6.07, 6.45) is 2.69. The molecule has 1 heterocycles. The second-order valence-electron chi connectivity index (χ2n) is 6.44. The molecule has 1 saturated heterocycles. The summed E-state index contributed by atoms with van der Waals surface area (Å²) in [5.74, 6) is -0.114. The Kier molecular flexibility index (Phi) is 7.87. The number of halogens is 1. The Morgan fingerprint density at radius 1 is 1.28 bits per heavy atom. The van der Waals surface area contributed by atoms with Gasteiger partial charge in [-0.05, 0) is 69.5 Å². The number of carbonyl (C=O) groups excluding carboxylic acids is 1. The van der Waals surface area contributed by atoms with Crippen LogP contribution in [-0.4, -0.2) is 44.9 Å². The van der Waals surface area contributed by atoms with Gasteiger partial charge in [0.1, 0.15) is 0 Å². The number of primary sulfonamides is 1. The Hall–Kier alpha value is -1.15. The molecule has 3 N–H and O–H groups in total. The number of nitrogens with one attached hydrogen (secondary N) is 1. The normalized spacial score (nSPS) is 15.5. The fourth-order valence-electron chi connectivity index (χ4n) is 3.22. The SMILES string of the molecule is CCCN(C(=O)c1cc(C)c(C)c(S(N)(=O)=O)c1)C1CCNCC1.Cl. The highest BCUT2D eigenvalue weighted by Crippen LogP contribution is 2.23. The van der Waals surface area contributed by atoms with Crippen LogP contribution in [0.1, 0.15) is 47.7 Å². The second kappa shape index (κ2) is 8.98. The summed E-state index contributed by atoms with van der Waals surface area (Å²) in [5, 5.41) is 8.61. The van der Waals surface area contributed by atoms with E-state index >= 15 is 0 Å². The van der Waals surface area contributed by atoms with E-state index in [1.807, 2.05) is 11.8 Å². The average molecular weight is 390 g/mol. The predicted octanol–water partition coefficient (Wildman–Crippen LogP) is 1.98. The van der Waals surface area contributed by atoms with Crippen molar-refractivity contribution in [2.45, 2.75) is 51.0 Å². The first-order chi connectivity index (χ1) is 11.3. The van der Waals surface area contributed by atoms with Crippen molar-refractivity contribution in [1.29, 1.82) is 0 Å². The average Bonchev–Trinajstić information content (AvgIpc) is 2.54. The van der Waals surface area contributed by atoms with Crippen LogP contribution in [0.5, 0.6) is 0 Å². The molecule has 6 nitrogen and oxygen atoms in total. The number of aryl methyl sites for hydroxylation is 1. The van der Waals surface area contributed by atoms with Crippen LogP contribution in [0, 0.1) is 13.8 Å². The molecule has 0 radical (unpaired) electrons. The molecule has 1 aromatic rings. The molecular weight excluding hydrogens is 362 g/mol. The molecular formula is C17H28ClN3O3S. The van der Waals surface area contributed by atoms with Crippen molar-refractivity contribution in [3.8, 4) is 0 Å². The van der Waals surface area contributed by atoms with Gasteiger partial charge in [0.2, 0.25) is 10.0 Å². The molecule has 0 bridgehead atoms. The fourth-order valence-corrected chi connectivity index (χ4v) is 4.10. The lowest BCUT2D eigenvalue weighted by Crippen LogP contribution is -2.46. The minimum Gasteiger partial charge on any atom is -0.336 e. The molecule has 8 heteroatoms. The Bertz CT molecular complexity index is 716. The van der Waals surface area contributed by atoms with Crippen LogP contribution in [0.25, 0.3) is 0 Å². The molecule has 1 aromatic carbocycles. The first-order valence-corrected chi connectivity index (χ1v) is 9.96. The molecule has 0 aromatic heterocycles. The van der Waals surface area contributed by atoms with E-state index in [4.69, 9.17) is 5.14 Å². The molecule has 1 amide bonds. The van der Waals surface area contributed by atoms with Crippen molar-refractivity contribution in [3.05, 3.63) is 28.8 Å². The van der Waals surface area contributed by atoms with Crippen LogP contribution in [0.15, 0.2) is 17.0 Å². The van der Waals surface area contributed by atoms with E-state index in [-0.39, 0.29) is 29.3 Å². The molecule has 142 valence electrons. The fraction of sp³-hybridized carbons (Fsp3) is 0.588. The van der Waals surface area contributed by atoms with E-state index in [0.29, 0.717) is 17.7 Å². The highest BCUT2D eigenvalue weighted by molar-refractivity contribution is 7.89. The number of nitrogens with zero attached hydrogens (tertiary/aromatic N) is 1. The van der Waals surface area contributed by atoms with Crippen molar-refractivity contribution >= 4 is 28.3 Å². The lowest BCUT2D eigenvalue weighted by molar-refractivity contribution is 0.0642. The van der Waals surface area contributed by atoms with Crippen molar-refractivity contribution < 1.29 is 13.2 Å². The third kappa shape index (κ3) is 5.17. The van der Waals surface area contributed by atoms with Gasteiger partial charge in [0.25, 0.3) is 5.91 Å². The van der Waals surface area contributed by atoms with Crippen LogP contribution in [0.3, 0.4) is 0 Å². The maximum atomic E-state index is 13.0. The summed E-state index contributed by atoms with van der Waals surface area (Å²) in [6.45, 7) is 8.01. The maximum absolute atomic E-state index is 13.0. The number of piperidine rings is 1. The number of nitrogens with two attached hydrogens (primary N) is 1. The van der Waals surface area contributed by atoms with Gasteiger partial charge in [0.05, 0.1) is 4.90 Å². The number of amides is 1. The van der Waals surface area contributed by atoms with Crippen molar-refractivity contribution in [1.82, 2.24) is 10.2 Å². The minimum absolute atomic E-state index is 0. The standard InChI is InChI=1S/C17H27N3O3S.ClH/c1-4-9-20(15-5-7-19-8-6-15)17(21)14-10-12(2)13(3)16(11-14)24(18,22)23;/h10-11,15,19H,4-9H2,1-3H3,(H2,18,22,23);1H. The van der Waals surface area contributed by atoms with Gasteiger partial charge >= 0.3 is 0 Å². The molecule has 1 aliphatic heterocycles. The monoisotopic (exact) mass is 389 g/mol. The van der Waals surface area contributed by atoms with Gasteiger partial charge in [-0.2, -0.15) is 0 Å². The van der Waals surface area contributed by atoms with E-state index in [1.54, 1.807) is 19.9 Å². The van der Waals surface area contributed by atoms with Crippen LogP contribution >= 0.6 is 12.4 Å². The Balaban J connectivity index is 0.00000312. The zero-order valence-electron chi connectivity index (χ0n) is 15.0. The molecule has 25 heavy (non-hydrogen) atoms. The summed E-state index contributed by atoms with van der Waals surface area (Å²) in [5.41, 5.74) is 1.75. The highest BCUT2D eigenvalue weighted by atomic mass is 35.5. The molecule has 0 aliphatic carbocycles. The number of hydrogen-bond donors (Lipinski definition) is 2.